The van der Waals surface area contributed by atoms with E-state index in [0.29, 0.717) is 5.02 Å². The average Bonchev–Trinajstić information content (AvgIpc) is 2.82. The second-order valence-electron chi connectivity index (χ2n) is 4.94. The summed E-state index contributed by atoms with van der Waals surface area (Å²) in [5.74, 6) is 0. The summed E-state index contributed by atoms with van der Waals surface area (Å²) in [6.45, 7) is 1.94. The Kier molecular flexibility index (Phi) is 4.67. The molecule has 1 aromatic heterocycles. The van der Waals surface area contributed by atoms with Gasteiger partial charge >= 0.3 is 0 Å². The number of fused-ring (bicyclic) bond motifs is 1. The zero-order chi connectivity index (χ0) is 16.6. The molecule has 0 aliphatic rings. The number of rotatable bonds is 4. The lowest BCUT2D eigenvalue weighted by molar-refractivity contribution is 0.311. The van der Waals surface area contributed by atoms with Crippen LogP contribution in [0.2, 0.25) is 10.0 Å². The Balaban J connectivity index is 1.87. The zero-order valence-corrected chi connectivity index (χ0v) is 15.2. The summed E-state index contributed by atoms with van der Waals surface area (Å²) in [5.41, 5.74) is 1.03. The number of aryl methyl sites for hydroxylation is 1. The van der Waals surface area contributed by atoms with Crippen molar-refractivity contribution in [2.75, 3.05) is 0 Å². The van der Waals surface area contributed by atoms with E-state index in [2.05, 4.69) is 0 Å². The second kappa shape index (κ2) is 6.42. The van der Waals surface area contributed by atoms with Crippen molar-refractivity contribution >= 4 is 54.7 Å². The second-order valence-corrected chi connectivity index (χ2v) is 8.50. The van der Waals surface area contributed by atoms with Crippen LogP contribution < -0.4 is 0 Å². The maximum atomic E-state index is 12.3. The lowest BCUT2D eigenvalue weighted by atomic mass is 10.1. The molecule has 0 saturated carbocycles. The Hall–Kier alpha value is -1.11. The summed E-state index contributed by atoms with van der Waals surface area (Å²) in [4.78, 5) is 0.794. The Labute approximate surface area is 148 Å². The van der Waals surface area contributed by atoms with Gasteiger partial charge in [0.15, 0.2) is 0 Å². The summed E-state index contributed by atoms with van der Waals surface area (Å²) < 4.78 is 30.9. The SMILES string of the molecule is Cc1c(COS(=O)(=O)c2ccc(Cl)cc2Cl)sc2ccccc12. The number of thiophene rings is 1. The molecule has 120 valence electrons. The van der Waals surface area contributed by atoms with Gasteiger partial charge in [-0.2, -0.15) is 8.42 Å². The minimum absolute atomic E-state index is 0.0214. The molecule has 0 N–H and O–H groups in total. The van der Waals surface area contributed by atoms with Gasteiger partial charge in [-0.25, -0.2) is 0 Å². The molecule has 0 saturated heterocycles. The van der Waals surface area contributed by atoms with Gasteiger partial charge in [0.1, 0.15) is 11.5 Å². The molecule has 0 aliphatic carbocycles. The van der Waals surface area contributed by atoms with Crippen LogP contribution in [-0.4, -0.2) is 8.42 Å². The molecule has 3 nitrogen and oxygen atoms in total. The van der Waals surface area contributed by atoms with Crippen molar-refractivity contribution in [1.29, 1.82) is 0 Å². The Morgan fingerprint density at radius 2 is 1.87 bits per heavy atom. The molecular weight excluding hydrogens is 375 g/mol. The molecule has 0 fully saturated rings. The summed E-state index contributed by atoms with van der Waals surface area (Å²) in [7, 11) is -3.94. The summed E-state index contributed by atoms with van der Waals surface area (Å²) in [5, 5.41) is 1.53. The van der Waals surface area contributed by atoms with E-state index in [-0.39, 0.29) is 16.5 Å². The third-order valence-corrected chi connectivity index (χ3v) is 6.68. The average molecular weight is 387 g/mol. The number of hydrogen-bond acceptors (Lipinski definition) is 4. The van der Waals surface area contributed by atoms with Gasteiger partial charge in [0.25, 0.3) is 10.1 Å². The fourth-order valence-corrected chi connectivity index (χ4v) is 5.06. The van der Waals surface area contributed by atoms with Crippen LogP contribution in [0.15, 0.2) is 47.4 Å². The minimum atomic E-state index is -3.94. The normalized spacial score (nSPS) is 12.0. The molecule has 0 atom stereocenters. The van der Waals surface area contributed by atoms with E-state index in [1.165, 1.54) is 29.5 Å². The van der Waals surface area contributed by atoms with Gasteiger partial charge in [0, 0.05) is 14.6 Å². The highest BCUT2D eigenvalue weighted by Crippen LogP contribution is 2.32. The lowest BCUT2D eigenvalue weighted by Crippen LogP contribution is -2.07. The first-order valence-corrected chi connectivity index (χ1v) is 9.68. The fourth-order valence-electron chi connectivity index (χ4n) is 2.24. The standard InChI is InChI=1S/C16H12Cl2O3S2/c1-10-12-4-2-3-5-14(12)22-15(10)9-21-23(19,20)16-7-6-11(17)8-13(16)18/h2-8H,9H2,1H3. The van der Waals surface area contributed by atoms with Gasteiger partial charge in [-0.05, 0) is 42.1 Å². The van der Waals surface area contributed by atoms with Gasteiger partial charge in [-0.3, -0.25) is 4.18 Å². The third-order valence-electron chi connectivity index (χ3n) is 3.45. The molecule has 1 heterocycles. The molecular formula is C16H12Cl2O3S2. The monoisotopic (exact) mass is 386 g/mol. The summed E-state index contributed by atoms with van der Waals surface area (Å²) in [6, 6.07) is 12.1. The van der Waals surface area contributed by atoms with Crippen molar-refractivity contribution in [3.8, 4) is 0 Å². The predicted octanol–water partition coefficient (Wildman–Crippen LogP) is 5.42. The molecule has 0 unspecified atom stereocenters. The molecule has 0 radical (unpaired) electrons. The van der Waals surface area contributed by atoms with Crippen LogP contribution in [0.4, 0.5) is 0 Å². The first-order chi connectivity index (χ1) is 10.9. The molecule has 0 spiro atoms. The first kappa shape index (κ1) is 16.7. The quantitative estimate of drug-likeness (QED) is 0.562. The van der Waals surface area contributed by atoms with E-state index in [9.17, 15) is 8.42 Å². The van der Waals surface area contributed by atoms with E-state index in [1.807, 2.05) is 31.2 Å². The molecule has 3 rings (SSSR count). The largest absolute Gasteiger partial charge is 0.298 e. The van der Waals surface area contributed by atoms with Gasteiger partial charge in [0.05, 0.1) is 5.02 Å². The Bertz CT molecular complexity index is 978. The van der Waals surface area contributed by atoms with Gasteiger partial charge in [0.2, 0.25) is 0 Å². The van der Waals surface area contributed by atoms with Crippen molar-refractivity contribution in [1.82, 2.24) is 0 Å². The van der Waals surface area contributed by atoms with E-state index >= 15 is 0 Å². The molecule has 0 aliphatic heterocycles. The van der Waals surface area contributed by atoms with Crippen LogP contribution >= 0.6 is 34.5 Å². The van der Waals surface area contributed by atoms with E-state index < -0.39 is 10.1 Å². The van der Waals surface area contributed by atoms with Crippen molar-refractivity contribution in [2.45, 2.75) is 18.4 Å². The number of halogens is 2. The number of benzene rings is 2. The topological polar surface area (TPSA) is 43.4 Å². The van der Waals surface area contributed by atoms with Crippen LogP contribution in [0.5, 0.6) is 0 Å². The highest BCUT2D eigenvalue weighted by molar-refractivity contribution is 7.86. The van der Waals surface area contributed by atoms with Gasteiger partial charge < -0.3 is 0 Å². The molecule has 0 amide bonds. The van der Waals surface area contributed by atoms with Crippen molar-refractivity contribution < 1.29 is 12.6 Å². The minimum Gasteiger partial charge on any atom is -0.261 e. The van der Waals surface area contributed by atoms with Crippen molar-refractivity contribution in [2.24, 2.45) is 0 Å². The van der Waals surface area contributed by atoms with Crippen molar-refractivity contribution in [3.05, 3.63) is 63.0 Å². The van der Waals surface area contributed by atoms with Crippen LogP contribution in [0.3, 0.4) is 0 Å². The summed E-state index contributed by atoms with van der Waals surface area (Å²) in [6.07, 6.45) is 0. The molecule has 2 aromatic carbocycles. The zero-order valence-electron chi connectivity index (χ0n) is 12.0. The fraction of sp³-hybridized carbons (Fsp3) is 0.125. The van der Waals surface area contributed by atoms with Gasteiger partial charge in [-0.15, -0.1) is 11.3 Å². The van der Waals surface area contributed by atoms with Crippen molar-refractivity contribution in [3.63, 3.8) is 0 Å². The van der Waals surface area contributed by atoms with Gasteiger partial charge in [-0.1, -0.05) is 41.4 Å². The maximum absolute atomic E-state index is 12.3. The third kappa shape index (κ3) is 3.39. The first-order valence-electron chi connectivity index (χ1n) is 6.70. The summed E-state index contributed by atoms with van der Waals surface area (Å²) >= 11 is 13.3. The molecule has 3 aromatic rings. The molecule has 7 heteroatoms. The molecule has 23 heavy (non-hydrogen) atoms. The molecule has 0 bridgehead atoms. The smallest absolute Gasteiger partial charge is 0.261 e. The van der Waals surface area contributed by atoms with E-state index in [1.54, 1.807) is 0 Å². The lowest BCUT2D eigenvalue weighted by Gasteiger charge is -2.07. The van der Waals surface area contributed by atoms with E-state index in [4.69, 9.17) is 27.4 Å². The maximum Gasteiger partial charge on any atom is 0.298 e. The predicted molar refractivity (Wildman–Crippen MR) is 95.0 cm³/mol. The highest BCUT2D eigenvalue weighted by atomic mass is 35.5. The van der Waals surface area contributed by atoms with Crippen LogP contribution in [0, 0.1) is 6.92 Å². The highest BCUT2D eigenvalue weighted by Gasteiger charge is 2.20. The van der Waals surface area contributed by atoms with Crippen LogP contribution in [-0.2, 0) is 20.9 Å². The van der Waals surface area contributed by atoms with Crippen LogP contribution in [0.25, 0.3) is 10.1 Å². The Morgan fingerprint density at radius 3 is 2.57 bits per heavy atom. The number of hydrogen-bond donors (Lipinski definition) is 0. The van der Waals surface area contributed by atoms with E-state index in [0.717, 1.165) is 20.5 Å². The Morgan fingerprint density at radius 1 is 1.13 bits per heavy atom. The van der Waals surface area contributed by atoms with Crippen LogP contribution in [0.1, 0.15) is 10.4 Å².